The molecule has 0 saturated heterocycles. The van der Waals surface area contributed by atoms with Crippen molar-refractivity contribution in [1.29, 1.82) is 0 Å². The average Bonchev–Trinajstić information content (AvgIpc) is 2.53. The van der Waals surface area contributed by atoms with Gasteiger partial charge in [0.2, 0.25) is 5.91 Å². The van der Waals surface area contributed by atoms with E-state index in [2.05, 4.69) is 6.08 Å². The zero-order valence-corrected chi connectivity index (χ0v) is 11.9. The molecule has 0 radical (unpaired) electrons. The summed E-state index contributed by atoms with van der Waals surface area (Å²) in [4.78, 5) is 22.5. The normalized spacial score (nSPS) is 13.2. The highest BCUT2D eigenvalue weighted by Gasteiger charge is 2.17. The molecule has 0 saturated carbocycles. The molecule has 0 spiro atoms. The van der Waals surface area contributed by atoms with E-state index < -0.39 is 11.9 Å². The fourth-order valence-electron chi connectivity index (χ4n) is 2.77. The number of nitrogens with two attached hydrogens (primary N) is 1. The van der Waals surface area contributed by atoms with E-state index in [9.17, 15) is 14.7 Å². The highest BCUT2D eigenvalue weighted by molar-refractivity contribution is 5.95. The molecule has 2 aromatic carbocycles. The summed E-state index contributed by atoms with van der Waals surface area (Å²) in [5.74, 6) is -1.42. The molecule has 0 unspecified atom stereocenters. The number of carboxylic acid groups (broad SMARTS) is 1. The van der Waals surface area contributed by atoms with Crippen LogP contribution >= 0.6 is 0 Å². The number of aromatic carboxylic acids is 1. The molecule has 1 amide bonds. The first kappa shape index (κ1) is 14.1. The third-order valence-electron chi connectivity index (χ3n) is 3.87. The van der Waals surface area contributed by atoms with Crippen molar-refractivity contribution in [3.63, 3.8) is 0 Å². The first-order valence-electron chi connectivity index (χ1n) is 7.03. The number of rotatable bonds is 3. The fourth-order valence-corrected chi connectivity index (χ4v) is 2.77. The minimum absolute atomic E-state index is 0.262. The lowest BCUT2D eigenvalue weighted by Gasteiger charge is -2.19. The summed E-state index contributed by atoms with van der Waals surface area (Å²) in [6, 6.07) is 12.3. The number of benzene rings is 2. The van der Waals surface area contributed by atoms with Gasteiger partial charge in [-0.05, 0) is 59.4 Å². The molecule has 0 atom stereocenters. The van der Waals surface area contributed by atoms with Gasteiger partial charge < -0.3 is 10.8 Å². The van der Waals surface area contributed by atoms with Crippen LogP contribution in [0.4, 0.5) is 0 Å². The number of amides is 1. The number of allylic oxidation sites excluding steroid dienone is 1. The van der Waals surface area contributed by atoms with Crippen molar-refractivity contribution in [2.24, 2.45) is 5.73 Å². The van der Waals surface area contributed by atoms with Crippen LogP contribution in [0, 0.1) is 0 Å². The third-order valence-corrected chi connectivity index (χ3v) is 3.87. The van der Waals surface area contributed by atoms with Crippen LogP contribution in [-0.4, -0.2) is 17.0 Å². The molecule has 110 valence electrons. The summed E-state index contributed by atoms with van der Waals surface area (Å²) in [6.07, 6.45) is 3.85. The molecule has 1 aliphatic carbocycles. The van der Waals surface area contributed by atoms with Crippen LogP contribution in [0.1, 0.15) is 43.8 Å². The lowest BCUT2D eigenvalue weighted by atomic mass is 9.85. The number of carbonyl (C=O) groups is 2. The van der Waals surface area contributed by atoms with Crippen molar-refractivity contribution in [2.45, 2.75) is 12.8 Å². The topological polar surface area (TPSA) is 80.4 Å². The van der Waals surface area contributed by atoms with Crippen LogP contribution in [0.5, 0.6) is 0 Å². The van der Waals surface area contributed by atoms with Gasteiger partial charge in [-0.1, -0.05) is 24.3 Å². The second-order valence-corrected chi connectivity index (χ2v) is 5.28. The summed E-state index contributed by atoms with van der Waals surface area (Å²) in [6.45, 7) is 0. The number of fused-ring (bicyclic) bond motifs is 1. The van der Waals surface area contributed by atoms with Crippen molar-refractivity contribution in [3.05, 3.63) is 76.4 Å². The quantitative estimate of drug-likeness (QED) is 0.913. The second-order valence-electron chi connectivity index (χ2n) is 5.28. The Kier molecular flexibility index (Phi) is 3.51. The van der Waals surface area contributed by atoms with Gasteiger partial charge in [0, 0.05) is 5.56 Å². The predicted molar refractivity (Wildman–Crippen MR) is 83.8 cm³/mol. The van der Waals surface area contributed by atoms with E-state index in [0.717, 1.165) is 35.1 Å². The Bertz CT molecular complexity index is 806. The van der Waals surface area contributed by atoms with Gasteiger partial charge in [-0.3, -0.25) is 4.79 Å². The van der Waals surface area contributed by atoms with E-state index >= 15 is 0 Å². The van der Waals surface area contributed by atoms with Gasteiger partial charge in [0.1, 0.15) is 0 Å². The molecule has 1 aliphatic rings. The van der Waals surface area contributed by atoms with Gasteiger partial charge in [-0.2, -0.15) is 0 Å². The molecule has 3 rings (SSSR count). The average molecular weight is 293 g/mol. The zero-order valence-electron chi connectivity index (χ0n) is 11.9. The number of aryl methyl sites for hydroxylation is 1. The lowest BCUT2D eigenvalue weighted by Crippen LogP contribution is -2.11. The molecule has 3 N–H and O–H groups in total. The molecule has 2 aromatic rings. The van der Waals surface area contributed by atoms with Crippen LogP contribution in [0.3, 0.4) is 0 Å². The van der Waals surface area contributed by atoms with Gasteiger partial charge in [-0.15, -0.1) is 0 Å². The molecule has 0 fully saturated rings. The number of primary amides is 1. The van der Waals surface area contributed by atoms with E-state index in [1.165, 1.54) is 0 Å². The van der Waals surface area contributed by atoms with Crippen molar-refractivity contribution >= 4 is 17.4 Å². The summed E-state index contributed by atoms with van der Waals surface area (Å²) >= 11 is 0. The molecule has 0 bridgehead atoms. The minimum Gasteiger partial charge on any atom is -0.478 e. The van der Waals surface area contributed by atoms with Gasteiger partial charge in [-0.25, -0.2) is 4.79 Å². The Balaban J connectivity index is 2.12. The zero-order chi connectivity index (χ0) is 15.7. The second kappa shape index (κ2) is 5.48. The number of hydrogen-bond acceptors (Lipinski definition) is 2. The molecule has 4 nitrogen and oxygen atoms in total. The van der Waals surface area contributed by atoms with E-state index in [0.29, 0.717) is 5.56 Å². The lowest BCUT2D eigenvalue weighted by molar-refractivity contribution is 0.0696. The van der Waals surface area contributed by atoms with Crippen molar-refractivity contribution < 1.29 is 14.7 Å². The molecular weight excluding hydrogens is 278 g/mol. The monoisotopic (exact) mass is 293 g/mol. The molecule has 0 heterocycles. The van der Waals surface area contributed by atoms with Crippen molar-refractivity contribution in [1.82, 2.24) is 0 Å². The van der Waals surface area contributed by atoms with Crippen LogP contribution < -0.4 is 5.73 Å². The van der Waals surface area contributed by atoms with Crippen molar-refractivity contribution in [3.8, 4) is 0 Å². The first-order chi connectivity index (χ1) is 10.6. The van der Waals surface area contributed by atoms with Crippen LogP contribution in [0.15, 0.2) is 48.5 Å². The smallest absolute Gasteiger partial charge is 0.335 e. The maximum Gasteiger partial charge on any atom is 0.335 e. The highest BCUT2D eigenvalue weighted by atomic mass is 16.4. The highest BCUT2D eigenvalue weighted by Crippen LogP contribution is 2.32. The summed E-state index contributed by atoms with van der Waals surface area (Å²) < 4.78 is 0. The van der Waals surface area contributed by atoms with Crippen LogP contribution in [0.25, 0.3) is 5.57 Å². The molecule has 4 heteroatoms. The Labute approximate surface area is 127 Å². The van der Waals surface area contributed by atoms with Gasteiger partial charge in [0.05, 0.1) is 5.56 Å². The number of hydrogen-bond donors (Lipinski definition) is 2. The minimum atomic E-state index is -0.946. The van der Waals surface area contributed by atoms with Crippen LogP contribution in [0.2, 0.25) is 0 Å². The van der Waals surface area contributed by atoms with Gasteiger partial charge in [0.15, 0.2) is 0 Å². The summed E-state index contributed by atoms with van der Waals surface area (Å²) in [7, 11) is 0. The van der Waals surface area contributed by atoms with Crippen LogP contribution in [-0.2, 0) is 6.42 Å². The predicted octanol–water partition coefficient (Wildman–Crippen LogP) is 2.86. The molecule has 0 aliphatic heterocycles. The Hall–Kier alpha value is -2.88. The Morgan fingerprint density at radius 1 is 1.05 bits per heavy atom. The molecular formula is C18H15NO3. The summed E-state index contributed by atoms with van der Waals surface area (Å²) in [5.41, 5.74) is 9.89. The SMILES string of the molecule is NC(=O)c1cccc(C2=CCCc3ccc(C(=O)O)cc32)c1. The van der Waals surface area contributed by atoms with E-state index in [4.69, 9.17) is 5.73 Å². The number of carbonyl (C=O) groups excluding carboxylic acids is 1. The Morgan fingerprint density at radius 3 is 2.59 bits per heavy atom. The van der Waals surface area contributed by atoms with Crippen molar-refractivity contribution in [2.75, 3.05) is 0 Å². The molecule has 22 heavy (non-hydrogen) atoms. The van der Waals surface area contributed by atoms with Gasteiger partial charge in [0.25, 0.3) is 0 Å². The third kappa shape index (κ3) is 2.51. The number of carboxylic acids is 1. The van der Waals surface area contributed by atoms with E-state index in [1.807, 2.05) is 12.1 Å². The summed E-state index contributed by atoms with van der Waals surface area (Å²) in [5, 5.41) is 9.18. The van der Waals surface area contributed by atoms with E-state index in [-0.39, 0.29) is 5.56 Å². The maximum atomic E-state index is 11.3. The molecule has 0 aromatic heterocycles. The van der Waals surface area contributed by atoms with E-state index in [1.54, 1.807) is 30.3 Å². The largest absolute Gasteiger partial charge is 0.478 e. The maximum absolute atomic E-state index is 11.3. The Morgan fingerprint density at radius 2 is 1.86 bits per heavy atom. The first-order valence-corrected chi connectivity index (χ1v) is 7.03. The fraction of sp³-hybridized carbons (Fsp3) is 0.111. The standard InChI is InChI=1S/C18H15NO3/c19-17(20)13-5-1-4-12(9-13)15-6-2-3-11-7-8-14(18(21)22)10-16(11)15/h1,4-10H,2-3H2,(H2,19,20)(H,21,22). The van der Waals surface area contributed by atoms with Gasteiger partial charge >= 0.3 is 5.97 Å².